The smallest absolute Gasteiger partial charge is 0.273 e. The van der Waals surface area contributed by atoms with Crippen molar-refractivity contribution in [3.8, 4) is 5.75 Å². The highest BCUT2D eigenvalue weighted by atomic mass is 16.5. The molecule has 1 aromatic heterocycles. The fourth-order valence-electron chi connectivity index (χ4n) is 3.56. The number of benzene rings is 1. The van der Waals surface area contributed by atoms with Crippen LogP contribution in [0, 0.1) is 0 Å². The first kappa shape index (κ1) is 16.1. The molecule has 1 amide bonds. The molecule has 0 aliphatic carbocycles. The quantitative estimate of drug-likeness (QED) is 0.926. The third-order valence-electron chi connectivity index (χ3n) is 4.86. The number of likely N-dealkylation sites (tertiary alicyclic amines) is 1. The van der Waals surface area contributed by atoms with Gasteiger partial charge < -0.3 is 14.6 Å². The van der Waals surface area contributed by atoms with Gasteiger partial charge in [-0.15, -0.1) is 0 Å². The van der Waals surface area contributed by atoms with E-state index >= 15 is 0 Å². The predicted molar refractivity (Wildman–Crippen MR) is 92.4 cm³/mol. The summed E-state index contributed by atoms with van der Waals surface area (Å²) >= 11 is 0. The van der Waals surface area contributed by atoms with E-state index in [0.29, 0.717) is 12.3 Å². The van der Waals surface area contributed by atoms with Gasteiger partial charge in [0.05, 0.1) is 19.2 Å². The lowest BCUT2D eigenvalue weighted by Gasteiger charge is -2.17. The van der Waals surface area contributed by atoms with Crippen molar-refractivity contribution in [3.63, 3.8) is 0 Å². The highest BCUT2D eigenvalue weighted by molar-refractivity contribution is 5.92. The Morgan fingerprint density at radius 3 is 2.96 bits per heavy atom. The van der Waals surface area contributed by atoms with Crippen molar-refractivity contribution in [3.05, 3.63) is 47.3 Å². The number of nitrogens with one attached hydrogen (secondary N) is 1. The molecule has 2 aromatic rings. The van der Waals surface area contributed by atoms with Gasteiger partial charge in [-0.2, -0.15) is 0 Å². The number of fused-ring (bicyclic) bond motifs is 1. The summed E-state index contributed by atoms with van der Waals surface area (Å²) in [5, 5.41) is 7.04. The van der Waals surface area contributed by atoms with E-state index in [4.69, 9.17) is 9.26 Å². The second-order valence-electron chi connectivity index (χ2n) is 6.72. The van der Waals surface area contributed by atoms with E-state index in [-0.39, 0.29) is 11.9 Å². The lowest BCUT2D eigenvalue weighted by Crippen LogP contribution is -2.28. The molecule has 1 saturated heterocycles. The van der Waals surface area contributed by atoms with Crippen molar-refractivity contribution < 1.29 is 14.1 Å². The second-order valence-corrected chi connectivity index (χ2v) is 6.72. The van der Waals surface area contributed by atoms with Gasteiger partial charge in [0.2, 0.25) is 0 Å². The fraction of sp³-hybridized carbons (Fsp3) is 0.474. The van der Waals surface area contributed by atoms with Crippen LogP contribution in [0.5, 0.6) is 5.75 Å². The first-order chi connectivity index (χ1) is 12.3. The van der Waals surface area contributed by atoms with Crippen LogP contribution >= 0.6 is 0 Å². The van der Waals surface area contributed by atoms with Gasteiger partial charge in [-0.1, -0.05) is 23.4 Å². The van der Waals surface area contributed by atoms with Crippen molar-refractivity contribution in [1.82, 2.24) is 15.4 Å². The van der Waals surface area contributed by atoms with E-state index in [9.17, 15) is 4.79 Å². The summed E-state index contributed by atoms with van der Waals surface area (Å²) < 4.78 is 11.1. The van der Waals surface area contributed by atoms with Crippen molar-refractivity contribution in [2.24, 2.45) is 0 Å². The lowest BCUT2D eigenvalue weighted by atomic mass is 10.0. The molecule has 2 aliphatic heterocycles. The van der Waals surface area contributed by atoms with Crippen molar-refractivity contribution in [2.75, 3.05) is 19.7 Å². The van der Waals surface area contributed by atoms with Gasteiger partial charge in [0.25, 0.3) is 5.91 Å². The van der Waals surface area contributed by atoms with E-state index in [2.05, 4.69) is 15.4 Å². The maximum absolute atomic E-state index is 12.6. The molecule has 1 atom stereocenters. The average Bonchev–Trinajstić information content (AvgIpc) is 3.26. The number of ether oxygens (including phenoxy) is 1. The van der Waals surface area contributed by atoms with Crippen LogP contribution in [0.2, 0.25) is 0 Å². The van der Waals surface area contributed by atoms with E-state index in [0.717, 1.165) is 49.5 Å². The number of carbonyl (C=O) groups is 1. The predicted octanol–water partition coefficient (Wildman–Crippen LogP) is 2.91. The summed E-state index contributed by atoms with van der Waals surface area (Å²) in [5.41, 5.74) is 1.37. The van der Waals surface area contributed by atoms with Crippen molar-refractivity contribution in [1.29, 1.82) is 0 Å². The number of carbonyl (C=O) groups excluding carboxylic acids is 1. The Morgan fingerprint density at radius 2 is 2.08 bits per heavy atom. The number of hydrogen-bond acceptors (Lipinski definition) is 5. The zero-order chi connectivity index (χ0) is 17.1. The van der Waals surface area contributed by atoms with Crippen LogP contribution in [-0.2, 0) is 6.54 Å². The van der Waals surface area contributed by atoms with Gasteiger partial charge in [-0.3, -0.25) is 9.69 Å². The molecule has 6 nitrogen and oxygen atoms in total. The second kappa shape index (κ2) is 7.27. The highest BCUT2D eigenvalue weighted by Crippen LogP contribution is 2.31. The van der Waals surface area contributed by atoms with E-state index < -0.39 is 0 Å². The summed E-state index contributed by atoms with van der Waals surface area (Å²) in [5.74, 6) is 1.40. The molecule has 4 rings (SSSR count). The Morgan fingerprint density at radius 1 is 1.24 bits per heavy atom. The van der Waals surface area contributed by atoms with E-state index in [1.807, 2.05) is 24.3 Å². The first-order valence-corrected chi connectivity index (χ1v) is 9.00. The largest absolute Gasteiger partial charge is 0.493 e. The Kier molecular flexibility index (Phi) is 4.70. The van der Waals surface area contributed by atoms with Crippen LogP contribution in [0.1, 0.15) is 53.5 Å². The molecule has 25 heavy (non-hydrogen) atoms. The van der Waals surface area contributed by atoms with Crippen LogP contribution < -0.4 is 10.1 Å². The monoisotopic (exact) mass is 341 g/mol. The molecule has 0 unspecified atom stereocenters. The normalized spacial score (nSPS) is 20.6. The van der Waals surface area contributed by atoms with E-state index in [1.54, 1.807) is 6.07 Å². The van der Waals surface area contributed by atoms with Crippen LogP contribution in [-0.4, -0.2) is 35.7 Å². The maximum atomic E-state index is 12.6. The number of rotatable bonds is 4. The maximum Gasteiger partial charge on any atom is 0.273 e. The number of amides is 1. The molecular weight excluding hydrogens is 318 g/mol. The van der Waals surface area contributed by atoms with Gasteiger partial charge in [0.15, 0.2) is 11.5 Å². The fourth-order valence-corrected chi connectivity index (χ4v) is 3.56. The number of nitrogens with zero attached hydrogens (tertiary/aromatic N) is 2. The molecule has 3 heterocycles. The van der Waals surface area contributed by atoms with Gasteiger partial charge in [-0.25, -0.2) is 0 Å². The molecule has 1 fully saturated rings. The van der Waals surface area contributed by atoms with Crippen LogP contribution in [0.4, 0.5) is 0 Å². The first-order valence-electron chi connectivity index (χ1n) is 9.00. The Bertz CT molecular complexity index is 737. The van der Waals surface area contributed by atoms with Gasteiger partial charge in [0.1, 0.15) is 5.75 Å². The van der Waals surface area contributed by atoms with E-state index in [1.165, 1.54) is 12.8 Å². The zero-order valence-electron chi connectivity index (χ0n) is 14.2. The molecular formula is C19H23N3O3. The van der Waals surface area contributed by atoms with Crippen LogP contribution in [0.3, 0.4) is 0 Å². The van der Waals surface area contributed by atoms with Gasteiger partial charge >= 0.3 is 0 Å². The highest BCUT2D eigenvalue weighted by Gasteiger charge is 2.23. The summed E-state index contributed by atoms with van der Waals surface area (Å²) in [6, 6.07) is 9.57. The minimum absolute atomic E-state index is 0.0649. The SMILES string of the molecule is O=C(N[C@@H]1CCCOc2ccccc21)c1cc(CN2CCCC2)on1. The summed E-state index contributed by atoms with van der Waals surface area (Å²) in [6.45, 7) is 3.57. The number of aromatic nitrogens is 1. The topological polar surface area (TPSA) is 67.6 Å². The lowest BCUT2D eigenvalue weighted by molar-refractivity contribution is 0.0925. The number of para-hydroxylation sites is 1. The molecule has 1 N–H and O–H groups in total. The molecule has 0 spiro atoms. The number of hydrogen-bond donors (Lipinski definition) is 1. The Balaban J connectivity index is 1.44. The van der Waals surface area contributed by atoms with Crippen molar-refractivity contribution in [2.45, 2.75) is 38.3 Å². The van der Waals surface area contributed by atoms with Gasteiger partial charge in [0, 0.05) is 11.6 Å². The molecule has 2 aliphatic rings. The minimum atomic E-state index is -0.196. The molecule has 132 valence electrons. The Labute approximate surface area is 147 Å². The van der Waals surface area contributed by atoms with Crippen LogP contribution in [0.25, 0.3) is 0 Å². The summed E-state index contributed by atoms with van der Waals surface area (Å²) in [7, 11) is 0. The third-order valence-corrected chi connectivity index (χ3v) is 4.86. The molecule has 0 bridgehead atoms. The standard InChI is InChI=1S/C19H23N3O3/c23-19(17-12-14(25-21-17)13-22-9-3-4-10-22)20-16-7-5-11-24-18-8-2-1-6-15(16)18/h1-2,6,8,12,16H,3-5,7,9-11,13H2,(H,20,23)/t16-/m1/s1. The zero-order valence-corrected chi connectivity index (χ0v) is 14.2. The molecule has 1 aromatic carbocycles. The third kappa shape index (κ3) is 3.69. The molecule has 0 saturated carbocycles. The van der Waals surface area contributed by atoms with Gasteiger partial charge in [-0.05, 0) is 44.8 Å². The Hall–Kier alpha value is -2.34. The van der Waals surface area contributed by atoms with Crippen molar-refractivity contribution >= 4 is 5.91 Å². The van der Waals surface area contributed by atoms with Crippen LogP contribution in [0.15, 0.2) is 34.9 Å². The molecule has 6 heteroatoms. The minimum Gasteiger partial charge on any atom is -0.493 e. The molecule has 0 radical (unpaired) electrons. The average molecular weight is 341 g/mol. The summed E-state index contributed by atoms with van der Waals surface area (Å²) in [4.78, 5) is 14.9. The summed E-state index contributed by atoms with van der Waals surface area (Å²) in [6.07, 6.45) is 4.20.